The fraction of sp³-hybridized carbons (Fsp3) is 0.500. The summed E-state index contributed by atoms with van der Waals surface area (Å²) in [5, 5.41) is 0. The Morgan fingerprint density at radius 2 is 1.71 bits per heavy atom. The number of cyclic esters (lactones) is 1. The first-order valence-corrected chi connectivity index (χ1v) is 7.84. The van der Waals surface area contributed by atoms with E-state index in [0.717, 1.165) is 0 Å². The molecule has 0 radical (unpaired) electrons. The van der Waals surface area contributed by atoms with Crippen LogP contribution in [0.4, 0.5) is 0 Å². The van der Waals surface area contributed by atoms with Crippen molar-refractivity contribution in [1.29, 1.82) is 0 Å². The van der Waals surface area contributed by atoms with Gasteiger partial charge in [-0.05, 0) is 30.0 Å². The van der Waals surface area contributed by atoms with E-state index in [0.29, 0.717) is 23.5 Å². The third-order valence-electron chi connectivity index (χ3n) is 3.89. The van der Waals surface area contributed by atoms with Crippen LogP contribution in [0.25, 0.3) is 0 Å². The number of Topliss-reactive ketones (excluding diaryl/α,β-unsaturated/α-hetero) is 2. The maximum absolute atomic E-state index is 12.5. The van der Waals surface area contributed by atoms with E-state index in [2.05, 4.69) is 0 Å². The topological polar surface area (TPSA) is 78.9 Å². The Labute approximate surface area is 141 Å². The molecule has 1 aliphatic rings. The first-order valence-electron chi connectivity index (χ1n) is 7.84. The van der Waals surface area contributed by atoms with E-state index in [1.807, 2.05) is 13.8 Å². The van der Waals surface area contributed by atoms with E-state index in [-0.39, 0.29) is 12.3 Å². The minimum Gasteiger partial charge on any atom is -0.497 e. The summed E-state index contributed by atoms with van der Waals surface area (Å²) < 4.78 is 15.4. The molecule has 1 aliphatic heterocycles. The van der Waals surface area contributed by atoms with E-state index in [9.17, 15) is 14.4 Å². The van der Waals surface area contributed by atoms with Crippen LogP contribution in [0.3, 0.4) is 0 Å². The molecular formula is C18H22O6. The van der Waals surface area contributed by atoms with E-state index >= 15 is 0 Å². The van der Waals surface area contributed by atoms with Crippen LogP contribution in [0.2, 0.25) is 0 Å². The molecule has 1 aromatic carbocycles. The number of ether oxygens (including phenoxy) is 3. The van der Waals surface area contributed by atoms with Crippen LogP contribution in [0, 0.1) is 11.8 Å². The van der Waals surface area contributed by atoms with Gasteiger partial charge in [-0.3, -0.25) is 14.4 Å². The summed E-state index contributed by atoms with van der Waals surface area (Å²) in [6.07, 6.45) is -0.444. The zero-order chi connectivity index (χ0) is 17.9. The van der Waals surface area contributed by atoms with Crippen molar-refractivity contribution < 1.29 is 28.6 Å². The SMILES string of the molecule is COc1cc(CC(=O)C2C(=O)OC(CC(C)C)C2=O)cc(OC)c1. The van der Waals surface area contributed by atoms with E-state index in [1.54, 1.807) is 18.2 Å². The zero-order valence-corrected chi connectivity index (χ0v) is 14.3. The van der Waals surface area contributed by atoms with E-state index < -0.39 is 29.6 Å². The lowest BCUT2D eigenvalue weighted by molar-refractivity contribution is -0.147. The van der Waals surface area contributed by atoms with Crippen molar-refractivity contribution in [2.24, 2.45) is 11.8 Å². The molecule has 1 heterocycles. The van der Waals surface area contributed by atoms with Gasteiger partial charge in [-0.25, -0.2) is 0 Å². The summed E-state index contributed by atoms with van der Waals surface area (Å²) in [6.45, 7) is 3.86. The summed E-state index contributed by atoms with van der Waals surface area (Å²) >= 11 is 0. The van der Waals surface area contributed by atoms with Crippen LogP contribution < -0.4 is 9.47 Å². The average molecular weight is 334 g/mol. The first-order chi connectivity index (χ1) is 11.3. The molecule has 6 heteroatoms. The molecule has 0 N–H and O–H groups in total. The van der Waals surface area contributed by atoms with Gasteiger partial charge in [-0.2, -0.15) is 0 Å². The molecule has 6 nitrogen and oxygen atoms in total. The Balaban J connectivity index is 2.15. The first kappa shape index (κ1) is 18.0. The lowest BCUT2D eigenvalue weighted by atomic mass is 9.91. The molecule has 0 aliphatic carbocycles. The number of hydrogen-bond acceptors (Lipinski definition) is 6. The molecule has 1 saturated heterocycles. The minimum absolute atomic E-state index is 0.0620. The normalized spacial score (nSPS) is 20.2. The van der Waals surface area contributed by atoms with Crippen LogP contribution in [0.1, 0.15) is 25.8 Å². The number of carbonyl (C=O) groups excluding carboxylic acids is 3. The highest BCUT2D eigenvalue weighted by Crippen LogP contribution is 2.27. The van der Waals surface area contributed by atoms with Crippen LogP contribution in [-0.4, -0.2) is 37.9 Å². The summed E-state index contributed by atoms with van der Waals surface area (Å²) in [5.74, 6) is -1.70. The fourth-order valence-corrected chi connectivity index (χ4v) is 2.72. The van der Waals surface area contributed by atoms with Crippen molar-refractivity contribution in [1.82, 2.24) is 0 Å². The Hall–Kier alpha value is -2.37. The van der Waals surface area contributed by atoms with Gasteiger partial charge in [0.05, 0.1) is 14.2 Å². The summed E-state index contributed by atoms with van der Waals surface area (Å²) in [7, 11) is 3.02. The summed E-state index contributed by atoms with van der Waals surface area (Å²) in [5.41, 5.74) is 0.615. The largest absolute Gasteiger partial charge is 0.497 e. The highest BCUT2D eigenvalue weighted by molar-refractivity contribution is 6.22. The van der Waals surface area contributed by atoms with Crippen molar-refractivity contribution >= 4 is 17.5 Å². The number of carbonyl (C=O) groups is 3. The monoisotopic (exact) mass is 334 g/mol. The smallest absolute Gasteiger partial charge is 0.325 e. The molecule has 1 fully saturated rings. The van der Waals surface area contributed by atoms with Gasteiger partial charge in [0, 0.05) is 12.5 Å². The van der Waals surface area contributed by atoms with Gasteiger partial charge in [0.25, 0.3) is 0 Å². The van der Waals surface area contributed by atoms with Crippen LogP contribution in [0.15, 0.2) is 18.2 Å². The quantitative estimate of drug-likeness (QED) is 0.560. The third kappa shape index (κ3) is 3.93. The number of ketones is 2. The summed E-state index contributed by atoms with van der Waals surface area (Å²) in [4.78, 5) is 36.7. The molecule has 0 spiro atoms. The van der Waals surface area contributed by atoms with Gasteiger partial charge < -0.3 is 14.2 Å². The Morgan fingerprint density at radius 1 is 1.12 bits per heavy atom. The van der Waals surface area contributed by atoms with Crippen molar-refractivity contribution in [2.45, 2.75) is 32.8 Å². The number of rotatable bonds is 7. The lowest BCUT2D eigenvalue weighted by Crippen LogP contribution is -2.29. The summed E-state index contributed by atoms with van der Waals surface area (Å²) in [6, 6.07) is 5.04. The van der Waals surface area contributed by atoms with Gasteiger partial charge in [-0.15, -0.1) is 0 Å². The minimum atomic E-state index is -1.33. The van der Waals surface area contributed by atoms with Gasteiger partial charge in [0.15, 0.2) is 23.6 Å². The predicted molar refractivity (Wildman–Crippen MR) is 86.1 cm³/mol. The predicted octanol–water partition coefficient (Wildman–Crippen LogP) is 1.97. The maximum atomic E-state index is 12.5. The molecule has 2 rings (SSSR count). The molecule has 0 amide bonds. The van der Waals surface area contributed by atoms with Gasteiger partial charge >= 0.3 is 5.97 Å². The number of hydrogen-bond donors (Lipinski definition) is 0. The fourth-order valence-electron chi connectivity index (χ4n) is 2.72. The van der Waals surface area contributed by atoms with Crippen molar-refractivity contribution in [3.05, 3.63) is 23.8 Å². The third-order valence-corrected chi connectivity index (χ3v) is 3.89. The molecule has 2 atom stereocenters. The lowest BCUT2D eigenvalue weighted by Gasteiger charge is -2.10. The van der Waals surface area contributed by atoms with E-state index in [1.165, 1.54) is 14.2 Å². The number of methoxy groups -OCH3 is 2. The Morgan fingerprint density at radius 3 is 2.21 bits per heavy atom. The van der Waals surface area contributed by atoms with Crippen molar-refractivity contribution in [3.8, 4) is 11.5 Å². The second-order valence-electron chi connectivity index (χ2n) is 6.25. The molecule has 0 bridgehead atoms. The molecule has 130 valence electrons. The maximum Gasteiger partial charge on any atom is 0.325 e. The second kappa shape index (κ2) is 7.47. The molecule has 0 saturated carbocycles. The zero-order valence-electron chi connectivity index (χ0n) is 14.3. The van der Waals surface area contributed by atoms with Gasteiger partial charge in [0.1, 0.15) is 11.5 Å². The van der Waals surface area contributed by atoms with Crippen molar-refractivity contribution in [3.63, 3.8) is 0 Å². The van der Waals surface area contributed by atoms with E-state index in [4.69, 9.17) is 14.2 Å². The number of benzene rings is 1. The van der Waals surface area contributed by atoms with Crippen LogP contribution >= 0.6 is 0 Å². The molecule has 1 aromatic rings. The Kier molecular flexibility index (Phi) is 5.59. The standard InChI is InChI=1S/C18H22O6/c1-10(2)5-15-17(20)16(18(21)24-15)14(19)8-11-6-12(22-3)9-13(7-11)23-4/h6-7,9-10,15-16H,5,8H2,1-4H3. The average Bonchev–Trinajstić information content (AvgIpc) is 2.80. The highest BCUT2D eigenvalue weighted by Gasteiger charge is 2.47. The highest BCUT2D eigenvalue weighted by atomic mass is 16.6. The molecule has 2 unspecified atom stereocenters. The van der Waals surface area contributed by atoms with Crippen molar-refractivity contribution in [2.75, 3.05) is 14.2 Å². The molecule has 24 heavy (non-hydrogen) atoms. The van der Waals surface area contributed by atoms with Gasteiger partial charge in [-0.1, -0.05) is 13.8 Å². The second-order valence-corrected chi connectivity index (χ2v) is 6.25. The van der Waals surface area contributed by atoms with Crippen LogP contribution in [-0.2, 0) is 25.5 Å². The number of esters is 1. The van der Waals surface area contributed by atoms with Crippen LogP contribution in [0.5, 0.6) is 11.5 Å². The molecule has 0 aromatic heterocycles. The Bertz CT molecular complexity index is 627. The van der Waals surface area contributed by atoms with Gasteiger partial charge in [0.2, 0.25) is 0 Å². The molecular weight excluding hydrogens is 312 g/mol.